The van der Waals surface area contributed by atoms with Crippen molar-refractivity contribution in [3.8, 4) is 5.75 Å². The largest absolute Gasteiger partial charge is 0.493 e. The zero-order chi connectivity index (χ0) is 17.6. The summed E-state index contributed by atoms with van der Waals surface area (Å²) in [6.07, 6.45) is 1.95. The van der Waals surface area contributed by atoms with Crippen LogP contribution in [0.3, 0.4) is 0 Å². The molecule has 0 unspecified atom stereocenters. The molecule has 0 aliphatic carbocycles. The van der Waals surface area contributed by atoms with Crippen molar-refractivity contribution in [3.63, 3.8) is 0 Å². The smallest absolute Gasteiger partial charge is 0.253 e. The highest BCUT2D eigenvalue weighted by Gasteiger charge is 2.25. The topological polar surface area (TPSA) is 49.8 Å². The van der Waals surface area contributed by atoms with Crippen molar-refractivity contribution >= 4 is 5.91 Å². The molecular weight excluding hydrogens is 321 g/mol. The van der Waals surface area contributed by atoms with Gasteiger partial charge >= 0.3 is 0 Å². The first-order chi connectivity index (χ1) is 12.2. The van der Waals surface area contributed by atoms with Gasteiger partial charge in [-0.05, 0) is 54.8 Å². The Morgan fingerprint density at radius 3 is 2.56 bits per heavy atom. The highest BCUT2D eigenvalue weighted by atomic mass is 19.1. The predicted molar refractivity (Wildman–Crippen MR) is 92.9 cm³/mol. The third-order valence-corrected chi connectivity index (χ3v) is 4.49. The van der Waals surface area contributed by atoms with E-state index >= 15 is 0 Å². The van der Waals surface area contributed by atoms with E-state index in [1.54, 1.807) is 36.4 Å². The molecule has 2 aromatic rings. The van der Waals surface area contributed by atoms with Gasteiger partial charge in [-0.2, -0.15) is 0 Å². The number of nitrogens with zero attached hydrogens (tertiary/aromatic N) is 1. The van der Waals surface area contributed by atoms with Crippen molar-refractivity contribution in [2.45, 2.75) is 19.4 Å². The number of halogens is 1. The van der Waals surface area contributed by atoms with Gasteiger partial charge in [-0.3, -0.25) is 4.79 Å². The Labute approximate surface area is 146 Å². The third-order valence-electron chi connectivity index (χ3n) is 4.49. The number of carbonyl (C=O) groups excluding carboxylic acids is 1. The van der Waals surface area contributed by atoms with Gasteiger partial charge in [0.15, 0.2) is 0 Å². The lowest BCUT2D eigenvalue weighted by Gasteiger charge is -2.32. The maximum atomic E-state index is 12.9. The lowest BCUT2D eigenvalue weighted by Crippen LogP contribution is -2.41. The molecule has 2 aromatic carbocycles. The van der Waals surface area contributed by atoms with Gasteiger partial charge in [-0.1, -0.05) is 12.1 Å². The number of hydrogen-bond donors (Lipinski definition) is 1. The molecule has 3 rings (SSSR count). The molecule has 0 bridgehead atoms. The van der Waals surface area contributed by atoms with Gasteiger partial charge in [0.05, 0.1) is 13.2 Å². The summed E-state index contributed by atoms with van der Waals surface area (Å²) in [5, 5.41) is 9.09. The van der Waals surface area contributed by atoms with Crippen molar-refractivity contribution in [1.29, 1.82) is 0 Å². The number of likely N-dealkylation sites (tertiary alicyclic amines) is 1. The van der Waals surface area contributed by atoms with E-state index in [0.717, 1.165) is 24.9 Å². The van der Waals surface area contributed by atoms with Crippen LogP contribution in [0.4, 0.5) is 4.39 Å². The minimum Gasteiger partial charge on any atom is -0.493 e. The van der Waals surface area contributed by atoms with E-state index in [1.165, 1.54) is 12.1 Å². The normalized spacial score (nSPS) is 17.4. The molecule has 1 aliphatic heterocycles. The summed E-state index contributed by atoms with van der Waals surface area (Å²) in [6.45, 7) is 1.88. The summed E-state index contributed by atoms with van der Waals surface area (Å²) in [5.41, 5.74) is 1.43. The first-order valence-electron chi connectivity index (χ1n) is 8.53. The molecule has 1 aliphatic rings. The second-order valence-electron chi connectivity index (χ2n) is 6.38. The van der Waals surface area contributed by atoms with Gasteiger partial charge in [0.25, 0.3) is 5.91 Å². The van der Waals surface area contributed by atoms with Crippen LogP contribution in [0.25, 0.3) is 0 Å². The molecule has 1 saturated heterocycles. The van der Waals surface area contributed by atoms with Crippen LogP contribution >= 0.6 is 0 Å². The minimum atomic E-state index is -0.283. The number of hydrogen-bond acceptors (Lipinski definition) is 3. The monoisotopic (exact) mass is 343 g/mol. The van der Waals surface area contributed by atoms with Crippen LogP contribution in [0.1, 0.15) is 28.8 Å². The maximum Gasteiger partial charge on any atom is 0.253 e. The average Bonchev–Trinajstić information content (AvgIpc) is 2.67. The fourth-order valence-corrected chi connectivity index (χ4v) is 3.07. The quantitative estimate of drug-likeness (QED) is 0.907. The number of benzene rings is 2. The molecule has 5 heteroatoms. The standard InChI is InChI=1S/C20H22FNO3/c21-18-7-9-19(10-8-18)25-14-16-2-1-11-22(12-16)20(24)17-5-3-15(13-23)4-6-17/h3-10,16,23H,1-2,11-14H2/t16-/m0/s1. The zero-order valence-electron chi connectivity index (χ0n) is 14.0. The fourth-order valence-electron chi connectivity index (χ4n) is 3.07. The Hall–Kier alpha value is -2.40. The van der Waals surface area contributed by atoms with Crippen molar-refractivity contribution in [1.82, 2.24) is 4.90 Å². The van der Waals surface area contributed by atoms with E-state index in [2.05, 4.69) is 0 Å². The third kappa shape index (κ3) is 4.57. The first-order valence-corrected chi connectivity index (χ1v) is 8.53. The van der Waals surface area contributed by atoms with Crippen LogP contribution in [-0.4, -0.2) is 35.6 Å². The van der Waals surface area contributed by atoms with E-state index in [1.807, 2.05) is 4.90 Å². The van der Waals surface area contributed by atoms with Crippen LogP contribution in [0.15, 0.2) is 48.5 Å². The maximum absolute atomic E-state index is 12.9. The zero-order valence-corrected chi connectivity index (χ0v) is 14.0. The van der Waals surface area contributed by atoms with Gasteiger partial charge in [0.1, 0.15) is 11.6 Å². The van der Waals surface area contributed by atoms with Crippen LogP contribution in [0.2, 0.25) is 0 Å². The Morgan fingerprint density at radius 1 is 1.16 bits per heavy atom. The van der Waals surface area contributed by atoms with Gasteiger partial charge in [0, 0.05) is 24.6 Å². The number of rotatable bonds is 5. The fraction of sp³-hybridized carbons (Fsp3) is 0.350. The number of amides is 1. The molecule has 132 valence electrons. The van der Waals surface area contributed by atoms with Crippen molar-refractivity contribution < 1.29 is 19.0 Å². The summed E-state index contributed by atoms with van der Waals surface area (Å²) >= 11 is 0. The molecule has 0 spiro atoms. The second-order valence-corrected chi connectivity index (χ2v) is 6.38. The highest BCUT2D eigenvalue weighted by Crippen LogP contribution is 2.21. The molecule has 0 radical (unpaired) electrons. The molecule has 0 aromatic heterocycles. The second kappa shape index (κ2) is 8.12. The van der Waals surface area contributed by atoms with Gasteiger partial charge in [-0.15, -0.1) is 0 Å². The van der Waals surface area contributed by atoms with Gasteiger partial charge in [-0.25, -0.2) is 4.39 Å². The number of aliphatic hydroxyl groups excluding tert-OH is 1. The van der Waals surface area contributed by atoms with Crippen molar-refractivity contribution in [2.24, 2.45) is 5.92 Å². The summed E-state index contributed by atoms with van der Waals surface area (Å²) < 4.78 is 18.6. The van der Waals surface area contributed by atoms with Crippen molar-refractivity contribution in [2.75, 3.05) is 19.7 Å². The van der Waals surface area contributed by atoms with Crippen LogP contribution in [0.5, 0.6) is 5.75 Å². The van der Waals surface area contributed by atoms with Gasteiger partial charge < -0.3 is 14.7 Å². The molecule has 25 heavy (non-hydrogen) atoms. The van der Waals surface area contributed by atoms with Gasteiger partial charge in [0.2, 0.25) is 0 Å². The summed E-state index contributed by atoms with van der Waals surface area (Å²) in [4.78, 5) is 14.5. The number of carbonyl (C=O) groups is 1. The van der Waals surface area contributed by atoms with Crippen molar-refractivity contribution in [3.05, 3.63) is 65.5 Å². The molecule has 1 atom stereocenters. The molecular formula is C20H22FNO3. The number of piperidine rings is 1. The predicted octanol–water partition coefficient (Wildman–Crippen LogP) is 3.25. The Balaban J connectivity index is 1.56. The summed E-state index contributed by atoms with van der Waals surface area (Å²) in [6, 6.07) is 13.0. The first kappa shape index (κ1) is 17.4. The van der Waals surface area contributed by atoms with Crippen LogP contribution in [0, 0.1) is 11.7 Å². The molecule has 1 heterocycles. The Kier molecular flexibility index (Phi) is 5.66. The Morgan fingerprint density at radius 2 is 1.88 bits per heavy atom. The van der Waals surface area contributed by atoms with E-state index in [9.17, 15) is 9.18 Å². The summed E-state index contributed by atoms with van der Waals surface area (Å²) in [5.74, 6) is 0.633. The molecule has 1 N–H and O–H groups in total. The summed E-state index contributed by atoms with van der Waals surface area (Å²) in [7, 11) is 0. The van der Waals surface area contributed by atoms with E-state index in [-0.39, 0.29) is 24.2 Å². The minimum absolute atomic E-state index is 0.0102. The lowest BCUT2D eigenvalue weighted by atomic mass is 9.98. The van der Waals surface area contributed by atoms with E-state index in [0.29, 0.717) is 24.5 Å². The molecule has 1 amide bonds. The Bertz CT molecular complexity index is 700. The van der Waals surface area contributed by atoms with E-state index < -0.39 is 0 Å². The highest BCUT2D eigenvalue weighted by molar-refractivity contribution is 5.94. The SMILES string of the molecule is O=C(c1ccc(CO)cc1)N1CCC[C@H](COc2ccc(F)cc2)C1. The molecule has 4 nitrogen and oxygen atoms in total. The van der Waals surface area contributed by atoms with Crippen LogP contribution < -0.4 is 4.74 Å². The average molecular weight is 343 g/mol. The molecule has 1 fully saturated rings. The van der Waals surface area contributed by atoms with Crippen LogP contribution in [-0.2, 0) is 6.61 Å². The lowest BCUT2D eigenvalue weighted by molar-refractivity contribution is 0.0633. The number of ether oxygens (including phenoxy) is 1. The molecule has 0 saturated carbocycles. The number of aliphatic hydroxyl groups is 1. The van der Waals surface area contributed by atoms with E-state index in [4.69, 9.17) is 9.84 Å².